The maximum atomic E-state index is 12.3. The van der Waals surface area contributed by atoms with Gasteiger partial charge >= 0.3 is 0 Å². The van der Waals surface area contributed by atoms with Gasteiger partial charge in [-0.1, -0.05) is 0 Å². The summed E-state index contributed by atoms with van der Waals surface area (Å²) in [5.74, 6) is 0.741. The van der Waals surface area contributed by atoms with Gasteiger partial charge in [0, 0.05) is 12.6 Å². The summed E-state index contributed by atoms with van der Waals surface area (Å²) in [4.78, 5) is 14.3. The SMILES string of the molecule is CC(C)N(CC1CCNCC1)C(=O)COC(C)(C)C. The molecule has 0 aromatic carbocycles. The lowest BCUT2D eigenvalue weighted by atomic mass is 9.97. The van der Waals surface area contributed by atoms with Crippen molar-refractivity contribution in [3.8, 4) is 0 Å². The van der Waals surface area contributed by atoms with Crippen LogP contribution in [-0.2, 0) is 9.53 Å². The highest BCUT2D eigenvalue weighted by Crippen LogP contribution is 2.16. The molecule has 0 saturated carbocycles. The molecule has 1 N–H and O–H groups in total. The van der Waals surface area contributed by atoms with Crippen LogP contribution in [0, 0.1) is 5.92 Å². The van der Waals surface area contributed by atoms with Crippen molar-refractivity contribution in [3.05, 3.63) is 0 Å². The van der Waals surface area contributed by atoms with Crippen LogP contribution in [0.25, 0.3) is 0 Å². The Balaban J connectivity index is 2.48. The Morgan fingerprint density at radius 3 is 2.37 bits per heavy atom. The molecular formula is C15H30N2O2. The van der Waals surface area contributed by atoms with E-state index in [1.807, 2.05) is 25.7 Å². The monoisotopic (exact) mass is 270 g/mol. The van der Waals surface area contributed by atoms with Gasteiger partial charge < -0.3 is 15.0 Å². The Bertz CT molecular complexity index is 278. The van der Waals surface area contributed by atoms with Crippen molar-refractivity contribution in [3.63, 3.8) is 0 Å². The number of hydrogen-bond acceptors (Lipinski definition) is 3. The fourth-order valence-electron chi connectivity index (χ4n) is 2.30. The average molecular weight is 270 g/mol. The molecule has 19 heavy (non-hydrogen) atoms. The molecule has 0 spiro atoms. The van der Waals surface area contributed by atoms with Crippen LogP contribution in [-0.4, -0.2) is 48.7 Å². The van der Waals surface area contributed by atoms with Gasteiger partial charge in [-0.25, -0.2) is 0 Å². The molecule has 1 fully saturated rings. The van der Waals surface area contributed by atoms with Crippen molar-refractivity contribution in [1.29, 1.82) is 0 Å². The molecule has 1 rings (SSSR count). The number of amides is 1. The Kier molecular flexibility index (Phi) is 6.27. The number of ether oxygens (including phenoxy) is 1. The number of carbonyl (C=O) groups is 1. The summed E-state index contributed by atoms with van der Waals surface area (Å²) in [5, 5.41) is 3.36. The van der Waals surface area contributed by atoms with E-state index in [9.17, 15) is 4.79 Å². The predicted octanol–water partition coefficient (Wildman–Crippen LogP) is 2.04. The molecule has 0 unspecified atom stereocenters. The average Bonchev–Trinajstić information content (AvgIpc) is 2.33. The molecule has 1 amide bonds. The maximum Gasteiger partial charge on any atom is 0.248 e. The number of hydrogen-bond donors (Lipinski definition) is 1. The minimum atomic E-state index is -0.257. The first kappa shape index (κ1) is 16.4. The van der Waals surface area contributed by atoms with Crippen LogP contribution in [0.1, 0.15) is 47.5 Å². The van der Waals surface area contributed by atoms with Crippen molar-refractivity contribution in [2.45, 2.75) is 59.1 Å². The zero-order chi connectivity index (χ0) is 14.5. The quantitative estimate of drug-likeness (QED) is 0.831. The molecule has 1 aliphatic heterocycles. The number of nitrogens with zero attached hydrogens (tertiary/aromatic N) is 1. The molecule has 0 aromatic rings. The Morgan fingerprint density at radius 1 is 1.32 bits per heavy atom. The minimum absolute atomic E-state index is 0.114. The van der Waals surface area contributed by atoms with Crippen LogP contribution in [0.4, 0.5) is 0 Å². The smallest absolute Gasteiger partial charge is 0.248 e. The van der Waals surface area contributed by atoms with E-state index < -0.39 is 0 Å². The van der Waals surface area contributed by atoms with Gasteiger partial charge in [0.05, 0.1) is 5.60 Å². The van der Waals surface area contributed by atoms with E-state index in [0.29, 0.717) is 5.92 Å². The highest BCUT2D eigenvalue weighted by atomic mass is 16.5. The summed E-state index contributed by atoms with van der Waals surface area (Å²) < 4.78 is 5.61. The molecule has 0 aromatic heterocycles. The molecule has 0 bridgehead atoms. The number of piperidine rings is 1. The third kappa shape index (κ3) is 6.39. The lowest BCUT2D eigenvalue weighted by molar-refractivity contribution is -0.143. The number of rotatable bonds is 5. The van der Waals surface area contributed by atoms with Crippen molar-refractivity contribution in [1.82, 2.24) is 10.2 Å². The van der Waals surface area contributed by atoms with E-state index in [1.165, 1.54) is 0 Å². The van der Waals surface area contributed by atoms with Crippen molar-refractivity contribution in [2.24, 2.45) is 5.92 Å². The fourth-order valence-corrected chi connectivity index (χ4v) is 2.30. The van der Waals surface area contributed by atoms with Gasteiger partial charge in [-0.2, -0.15) is 0 Å². The van der Waals surface area contributed by atoms with Crippen LogP contribution in [0.2, 0.25) is 0 Å². The zero-order valence-corrected chi connectivity index (χ0v) is 13.2. The van der Waals surface area contributed by atoms with Gasteiger partial charge in [-0.15, -0.1) is 0 Å². The predicted molar refractivity (Wildman–Crippen MR) is 78.1 cm³/mol. The van der Waals surface area contributed by atoms with Crippen LogP contribution < -0.4 is 5.32 Å². The first-order valence-corrected chi connectivity index (χ1v) is 7.44. The summed E-state index contributed by atoms with van der Waals surface area (Å²) >= 11 is 0. The summed E-state index contributed by atoms with van der Waals surface area (Å²) in [7, 11) is 0. The lowest BCUT2D eigenvalue weighted by Gasteiger charge is -2.33. The van der Waals surface area contributed by atoms with Crippen LogP contribution in [0.15, 0.2) is 0 Å². The minimum Gasteiger partial charge on any atom is -0.366 e. The van der Waals surface area contributed by atoms with Crippen molar-refractivity contribution >= 4 is 5.91 Å². The molecule has 1 aliphatic rings. The topological polar surface area (TPSA) is 41.6 Å². The third-order valence-corrected chi connectivity index (χ3v) is 3.49. The van der Waals surface area contributed by atoms with E-state index in [-0.39, 0.29) is 24.2 Å². The second-order valence-corrected chi connectivity index (χ2v) is 6.73. The Morgan fingerprint density at radius 2 is 1.89 bits per heavy atom. The van der Waals surface area contributed by atoms with Gasteiger partial charge in [0.25, 0.3) is 0 Å². The van der Waals surface area contributed by atoms with Gasteiger partial charge in [0.1, 0.15) is 6.61 Å². The van der Waals surface area contributed by atoms with E-state index in [2.05, 4.69) is 19.2 Å². The maximum absolute atomic E-state index is 12.3. The highest BCUT2D eigenvalue weighted by Gasteiger charge is 2.24. The molecule has 0 aliphatic carbocycles. The van der Waals surface area contributed by atoms with Gasteiger partial charge in [-0.3, -0.25) is 4.79 Å². The summed E-state index contributed by atoms with van der Waals surface area (Å²) in [6.45, 7) is 13.3. The van der Waals surface area contributed by atoms with E-state index >= 15 is 0 Å². The second-order valence-electron chi connectivity index (χ2n) is 6.73. The molecule has 0 radical (unpaired) electrons. The number of carbonyl (C=O) groups excluding carboxylic acids is 1. The van der Waals surface area contributed by atoms with Crippen LogP contribution >= 0.6 is 0 Å². The second kappa shape index (κ2) is 7.25. The largest absolute Gasteiger partial charge is 0.366 e. The van der Waals surface area contributed by atoms with E-state index in [1.54, 1.807) is 0 Å². The molecule has 0 atom stereocenters. The molecule has 4 nitrogen and oxygen atoms in total. The molecule has 4 heteroatoms. The van der Waals surface area contributed by atoms with Crippen molar-refractivity contribution < 1.29 is 9.53 Å². The summed E-state index contributed by atoms with van der Waals surface area (Å²) in [6, 6.07) is 0.242. The van der Waals surface area contributed by atoms with Gasteiger partial charge in [0.15, 0.2) is 0 Å². The summed E-state index contributed by atoms with van der Waals surface area (Å²) in [6.07, 6.45) is 2.33. The van der Waals surface area contributed by atoms with Crippen LogP contribution in [0.3, 0.4) is 0 Å². The van der Waals surface area contributed by atoms with Gasteiger partial charge in [0.2, 0.25) is 5.91 Å². The first-order valence-electron chi connectivity index (χ1n) is 7.44. The molecular weight excluding hydrogens is 240 g/mol. The van der Waals surface area contributed by atoms with Crippen molar-refractivity contribution in [2.75, 3.05) is 26.2 Å². The normalized spacial score (nSPS) is 17.8. The highest BCUT2D eigenvalue weighted by molar-refractivity contribution is 5.77. The molecule has 112 valence electrons. The first-order chi connectivity index (χ1) is 8.79. The summed E-state index contributed by atoms with van der Waals surface area (Å²) in [5.41, 5.74) is -0.257. The van der Waals surface area contributed by atoms with E-state index in [4.69, 9.17) is 4.74 Å². The Labute approximate surface area is 117 Å². The molecule has 1 heterocycles. The number of nitrogens with one attached hydrogen (secondary N) is 1. The lowest BCUT2D eigenvalue weighted by Crippen LogP contribution is -2.45. The third-order valence-electron chi connectivity index (χ3n) is 3.49. The van der Waals surface area contributed by atoms with E-state index in [0.717, 1.165) is 32.5 Å². The standard InChI is InChI=1S/C15H30N2O2/c1-12(2)17(10-13-6-8-16-9-7-13)14(18)11-19-15(3,4)5/h12-13,16H,6-11H2,1-5H3. The fraction of sp³-hybridized carbons (Fsp3) is 0.933. The van der Waals surface area contributed by atoms with Gasteiger partial charge in [-0.05, 0) is 66.5 Å². The van der Waals surface area contributed by atoms with Crippen LogP contribution in [0.5, 0.6) is 0 Å². The molecule has 1 saturated heterocycles. The zero-order valence-electron chi connectivity index (χ0n) is 13.2. The Hall–Kier alpha value is -0.610.